The lowest BCUT2D eigenvalue weighted by atomic mass is 9.90. The van der Waals surface area contributed by atoms with Gasteiger partial charge in [-0.25, -0.2) is 4.98 Å². The van der Waals surface area contributed by atoms with Crippen molar-refractivity contribution in [3.63, 3.8) is 0 Å². The van der Waals surface area contributed by atoms with Crippen molar-refractivity contribution in [1.82, 2.24) is 20.1 Å². The van der Waals surface area contributed by atoms with E-state index in [0.717, 1.165) is 29.1 Å². The number of carbonyl (C=O) groups is 1. The molecule has 0 spiro atoms. The minimum atomic E-state index is -0.133. The SMILES string of the molecule is Cc1coc(-c2cccc(NC(=O)[C@H]3CNC[C@@H]3c3cnn(C)c3)c2)n1.Cl. The summed E-state index contributed by atoms with van der Waals surface area (Å²) in [5.41, 5.74) is 3.48. The molecule has 0 unspecified atom stereocenters. The molecule has 27 heavy (non-hydrogen) atoms. The largest absolute Gasteiger partial charge is 0.444 e. The average molecular weight is 388 g/mol. The van der Waals surface area contributed by atoms with Gasteiger partial charge in [0.05, 0.1) is 17.8 Å². The van der Waals surface area contributed by atoms with Gasteiger partial charge in [-0.2, -0.15) is 5.10 Å². The fraction of sp³-hybridized carbons (Fsp3) is 0.316. The molecule has 3 aromatic rings. The molecule has 142 valence electrons. The van der Waals surface area contributed by atoms with Gasteiger partial charge in [0.2, 0.25) is 11.8 Å². The number of nitrogens with one attached hydrogen (secondary N) is 2. The van der Waals surface area contributed by atoms with Gasteiger partial charge >= 0.3 is 0 Å². The lowest BCUT2D eigenvalue weighted by Gasteiger charge is -2.17. The number of aryl methyl sites for hydroxylation is 2. The predicted molar refractivity (Wildman–Crippen MR) is 105 cm³/mol. The molecule has 1 aliphatic heterocycles. The number of rotatable bonds is 4. The van der Waals surface area contributed by atoms with Crippen molar-refractivity contribution in [1.29, 1.82) is 0 Å². The molecule has 2 N–H and O–H groups in total. The van der Waals surface area contributed by atoms with E-state index in [1.54, 1.807) is 10.9 Å². The highest BCUT2D eigenvalue weighted by molar-refractivity contribution is 5.94. The van der Waals surface area contributed by atoms with E-state index in [1.165, 1.54) is 0 Å². The normalized spacial score (nSPS) is 18.9. The molecular formula is C19H22ClN5O2. The lowest BCUT2D eigenvalue weighted by Crippen LogP contribution is -2.28. The zero-order valence-electron chi connectivity index (χ0n) is 15.2. The molecule has 8 heteroatoms. The summed E-state index contributed by atoms with van der Waals surface area (Å²) in [4.78, 5) is 17.2. The van der Waals surface area contributed by atoms with E-state index < -0.39 is 0 Å². The van der Waals surface area contributed by atoms with Crippen molar-refractivity contribution >= 4 is 24.0 Å². The zero-order chi connectivity index (χ0) is 18.1. The maximum absolute atomic E-state index is 12.8. The van der Waals surface area contributed by atoms with Gasteiger partial charge in [0.15, 0.2) is 0 Å². The minimum absolute atomic E-state index is 0. The van der Waals surface area contributed by atoms with E-state index in [2.05, 4.69) is 20.7 Å². The summed E-state index contributed by atoms with van der Waals surface area (Å²) in [6.07, 6.45) is 5.43. The van der Waals surface area contributed by atoms with Crippen LogP contribution in [0.3, 0.4) is 0 Å². The van der Waals surface area contributed by atoms with Crippen LogP contribution in [0.25, 0.3) is 11.5 Å². The maximum Gasteiger partial charge on any atom is 0.229 e. The van der Waals surface area contributed by atoms with E-state index in [0.29, 0.717) is 12.4 Å². The molecule has 4 rings (SSSR count). The molecule has 0 bridgehead atoms. The molecule has 1 fully saturated rings. The van der Waals surface area contributed by atoms with Crippen molar-refractivity contribution < 1.29 is 9.21 Å². The van der Waals surface area contributed by atoms with Crippen LogP contribution in [0.4, 0.5) is 5.69 Å². The third-order valence-electron chi connectivity index (χ3n) is 4.70. The van der Waals surface area contributed by atoms with Crippen LogP contribution in [-0.4, -0.2) is 33.8 Å². The van der Waals surface area contributed by atoms with Crippen molar-refractivity contribution in [3.8, 4) is 11.5 Å². The van der Waals surface area contributed by atoms with Gasteiger partial charge in [-0.05, 0) is 30.7 Å². The van der Waals surface area contributed by atoms with Gasteiger partial charge in [-0.3, -0.25) is 9.48 Å². The van der Waals surface area contributed by atoms with Crippen LogP contribution in [0.1, 0.15) is 17.2 Å². The number of oxazole rings is 1. The van der Waals surface area contributed by atoms with Gasteiger partial charge < -0.3 is 15.1 Å². The first-order chi connectivity index (χ1) is 12.6. The quantitative estimate of drug-likeness (QED) is 0.719. The Morgan fingerprint density at radius 2 is 2.22 bits per heavy atom. The molecule has 1 aromatic carbocycles. The summed E-state index contributed by atoms with van der Waals surface area (Å²) < 4.78 is 7.21. The molecule has 0 aliphatic carbocycles. The van der Waals surface area contributed by atoms with Gasteiger partial charge in [-0.15, -0.1) is 12.4 Å². The molecule has 0 radical (unpaired) electrons. The second-order valence-corrected chi connectivity index (χ2v) is 6.68. The Bertz CT molecular complexity index is 936. The second kappa shape index (κ2) is 7.94. The van der Waals surface area contributed by atoms with E-state index in [9.17, 15) is 4.79 Å². The number of nitrogens with zero attached hydrogens (tertiary/aromatic N) is 3. The number of aromatic nitrogens is 3. The fourth-order valence-corrected chi connectivity index (χ4v) is 3.39. The Balaban J connectivity index is 0.00000210. The molecule has 7 nitrogen and oxygen atoms in total. The molecule has 2 atom stereocenters. The van der Waals surface area contributed by atoms with Crippen molar-refractivity contribution in [2.75, 3.05) is 18.4 Å². The van der Waals surface area contributed by atoms with E-state index in [-0.39, 0.29) is 30.2 Å². The van der Waals surface area contributed by atoms with Crippen molar-refractivity contribution in [2.24, 2.45) is 13.0 Å². The first-order valence-corrected chi connectivity index (χ1v) is 8.63. The fourth-order valence-electron chi connectivity index (χ4n) is 3.39. The Kier molecular flexibility index (Phi) is 5.62. The summed E-state index contributed by atoms with van der Waals surface area (Å²) in [7, 11) is 1.89. The highest BCUT2D eigenvalue weighted by atomic mass is 35.5. The third-order valence-corrected chi connectivity index (χ3v) is 4.70. The van der Waals surface area contributed by atoms with Crippen molar-refractivity contribution in [2.45, 2.75) is 12.8 Å². The summed E-state index contributed by atoms with van der Waals surface area (Å²) in [5, 5.41) is 10.6. The van der Waals surface area contributed by atoms with Crippen LogP contribution in [0.15, 0.2) is 47.3 Å². The number of hydrogen-bond acceptors (Lipinski definition) is 5. The Morgan fingerprint density at radius 3 is 2.93 bits per heavy atom. The molecule has 2 aromatic heterocycles. The van der Waals surface area contributed by atoms with Gasteiger partial charge in [0.1, 0.15) is 6.26 Å². The number of amides is 1. The van der Waals surface area contributed by atoms with Gasteiger partial charge in [0.25, 0.3) is 0 Å². The topological polar surface area (TPSA) is 85.0 Å². The average Bonchev–Trinajstić information content (AvgIpc) is 3.35. The van der Waals surface area contributed by atoms with Gasteiger partial charge in [0, 0.05) is 43.5 Å². The molecule has 1 amide bonds. The molecule has 3 heterocycles. The Morgan fingerprint density at radius 1 is 1.37 bits per heavy atom. The molecule has 1 saturated heterocycles. The second-order valence-electron chi connectivity index (χ2n) is 6.68. The number of halogens is 1. The Labute approximate surface area is 163 Å². The standard InChI is InChI=1S/C19H21N5O2.ClH/c1-12-11-26-19(22-12)13-4-3-5-15(6-13)23-18(25)17-9-20-8-16(17)14-7-21-24(2)10-14;/h3-7,10-11,16-17,20H,8-9H2,1-2H3,(H,23,25);1H/t16-,17+;/m1./s1. The van der Waals surface area contributed by atoms with E-state index >= 15 is 0 Å². The number of benzene rings is 1. The molecular weight excluding hydrogens is 366 g/mol. The first kappa shape index (κ1) is 19.1. The predicted octanol–water partition coefficient (Wildman–Crippen LogP) is 2.75. The highest BCUT2D eigenvalue weighted by Gasteiger charge is 2.34. The van der Waals surface area contributed by atoms with Crippen molar-refractivity contribution in [3.05, 3.63) is 54.2 Å². The minimum Gasteiger partial charge on any atom is -0.444 e. The van der Waals surface area contributed by atoms with Crippen LogP contribution < -0.4 is 10.6 Å². The van der Waals surface area contributed by atoms with Crippen LogP contribution in [0.5, 0.6) is 0 Å². The molecule has 1 aliphatic rings. The summed E-state index contributed by atoms with van der Waals surface area (Å²) in [5.74, 6) is 0.548. The zero-order valence-corrected chi connectivity index (χ0v) is 16.0. The Hall–Kier alpha value is -2.64. The maximum atomic E-state index is 12.8. The highest BCUT2D eigenvalue weighted by Crippen LogP contribution is 2.29. The summed E-state index contributed by atoms with van der Waals surface area (Å²) in [6.45, 7) is 3.31. The van der Waals surface area contributed by atoms with E-state index in [1.807, 2.05) is 50.6 Å². The van der Waals surface area contributed by atoms with Crippen LogP contribution in [0.2, 0.25) is 0 Å². The summed E-state index contributed by atoms with van der Waals surface area (Å²) >= 11 is 0. The third kappa shape index (κ3) is 4.04. The van der Waals surface area contributed by atoms with Gasteiger partial charge in [-0.1, -0.05) is 6.07 Å². The van der Waals surface area contributed by atoms with E-state index in [4.69, 9.17) is 4.42 Å². The summed E-state index contributed by atoms with van der Waals surface area (Å²) in [6, 6.07) is 7.55. The molecule has 0 saturated carbocycles. The van der Waals surface area contributed by atoms with Crippen LogP contribution >= 0.6 is 12.4 Å². The number of carbonyl (C=O) groups excluding carboxylic acids is 1. The smallest absolute Gasteiger partial charge is 0.229 e. The number of anilines is 1. The number of hydrogen-bond donors (Lipinski definition) is 2. The lowest BCUT2D eigenvalue weighted by molar-refractivity contribution is -0.119. The van der Waals surface area contributed by atoms with Crippen LogP contribution in [-0.2, 0) is 11.8 Å². The monoisotopic (exact) mass is 387 g/mol. The first-order valence-electron chi connectivity index (χ1n) is 8.63. The van der Waals surface area contributed by atoms with Crippen LogP contribution in [0, 0.1) is 12.8 Å².